The maximum Gasteiger partial charge on any atom is 0.220 e. The van der Waals surface area contributed by atoms with Gasteiger partial charge in [0.05, 0.1) is 12.1 Å². The number of hydrogen-bond acceptors (Lipinski definition) is 6. The van der Waals surface area contributed by atoms with Gasteiger partial charge in [-0.3, -0.25) is 10.2 Å². The smallest absolute Gasteiger partial charge is 0.220 e. The molecular weight excluding hydrogens is 400 g/mol. The lowest BCUT2D eigenvalue weighted by atomic mass is 9.95. The zero-order valence-electron chi connectivity index (χ0n) is 17.1. The first-order valence-electron chi connectivity index (χ1n) is 11.1. The fourth-order valence-electron chi connectivity index (χ4n) is 5.00. The molecule has 0 radical (unpaired) electrons. The number of amides is 1. The molecule has 1 saturated carbocycles. The van der Waals surface area contributed by atoms with E-state index in [9.17, 15) is 4.79 Å². The molecule has 30 heavy (non-hydrogen) atoms. The van der Waals surface area contributed by atoms with Gasteiger partial charge >= 0.3 is 0 Å². The van der Waals surface area contributed by atoms with Crippen LogP contribution >= 0.6 is 11.6 Å². The maximum atomic E-state index is 12.4. The van der Waals surface area contributed by atoms with Crippen LogP contribution in [-0.4, -0.2) is 39.9 Å². The van der Waals surface area contributed by atoms with Crippen LogP contribution in [0, 0.1) is 0 Å². The number of nitrogens with one attached hydrogen (secondary N) is 3. The van der Waals surface area contributed by atoms with Crippen molar-refractivity contribution in [3.05, 3.63) is 47.3 Å². The second kappa shape index (κ2) is 8.47. The summed E-state index contributed by atoms with van der Waals surface area (Å²) in [5.41, 5.74) is 8.10. The zero-order chi connectivity index (χ0) is 20.5. The van der Waals surface area contributed by atoms with E-state index in [1.54, 1.807) is 0 Å². The summed E-state index contributed by atoms with van der Waals surface area (Å²) in [6.45, 7) is 0. The molecule has 3 heterocycles. The molecular formula is C22H29ClN6O. The second-order valence-electron chi connectivity index (χ2n) is 8.65. The number of halogens is 1. The Kier molecular flexibility index (Phi) is 5.56. The molecule has 1 amide bonds. The van der Waals surface area contributed by atoms with Gasteiger partial charge in [-0.15, -0.1) is 0 Å². The van der Waals surface area contributed by atoms with E-state index < -0.39 is 0 Å². The van der Waals surface area contributed by atoms with Crippen LogP contribution in [0.3, 0.4) is 0 Å². The third-order valence-corrected chi connectivity index (χ3v) is 6.89. The summed E-state index contributed by atoms with van der Waals surface area (Å²) in [5, 5.41) is 10.7. The molecule has 1 saturated heterocycles. The Balaban J connectivity index is 1.16. The first-order valence-corrected chi connectivity index (χ1v) is 11.4. The fraction of sp³-hybridized carbons (Fsp3) is 0.545. The largest absolute Gasteiger partial charge is 0.353 e. The van der Waals surface area contributed by atoms with Gasteiger partial charge in [-0.05, 0) is 37.0 Å². The van der Waals surface area contributed by atoms with Crippen LogP contribution in [0.2, 0.25) is 5.02 Å². The van der Waals surface area contributed by atoms with E-state index >= 15 is 0 Å². The van der Waals surface area contributed by atoms with Crippen molar-refractivity contribution in [3.8, 4) is 0 Å². The van der Waals surface area contributed by atoms with Crippen molar-refractivity contribution in [3.63, 3.8) is 0 Å². The third kappa shape index (κ3) is 4.01. The van der Waals surface area contributed by atoms with Gasteiger partial charge in [-0.25, -0.2) is 5.43 Å². The number of carbonyl (C=O) groups excluding carboxylic acids is 1. The van der Waals surface area contributed by atoms with Crippen molar-refractivity contribution >= 4 is 23.3 Å². The normalized spacial score (nSPS) is 28.0. The molecule has 2 fully saturated rings. The lowest BCUT2D eigenvalue weighted by Crippen LogP contribution is -2.54. The van der Waals surface area contributed by atoms with Gasteiger partial charge in [0.15, 0.2) is 0 Å². The number of rotatable bonds is 5. The van der Waals surface area contributed by atoms with Gasteiger partial charge in [0.1, 0.15) is 12.0 Å². The van der Waals surface area contributed by atoms with E-state index in [0.717, 1.165) is 30.1 Å². The SMILES string of the molecule is O=C(CCC1=NNC2C3CC(c4ccc(Cl)cc4)NN3C=CN12)NC1CCCCC1. The van der Waals surface area contributed by atoms with Crippen LogP contribution in [0.4, 0.5) is 0 Å². The van der Waals surface area contributed by atoms with Crippen LogP contribution < -0.4 is 16.2 Å². The Morgan fingerprint density at radius 3 is 2.77 bits per heavy atom. The first kappa shape index (κ1) is 19.7. The molecule has 3 N–H and O–H groups in total. The van der Waals surface area contributed by atoms with Gasteiger partial charge in [0, 0.05) is 36.3 Å². The van der Waals surface area contributed by atoms with Crippen molar-refractivity contribution in [2.75, 3.05) is 0 Å². The molecule has 8 heteroatoms. The Bertz CT molecular complexity index is 835. The lowest BCUT2D eigenvalue weighted by molar-refractivity contribution is -0.121. The molecule has 0 aromatic heterocycles. The fourth-order valence-corrected chi connectivity index (χ4v) is 5.12. The van der Waals surface area contributed by atoms with Crippen LogP contribution in [0.25, 0.3) is 0 Å². The standard InChI is InChI=1S/C22H29ClN6O/c23-16-8-6-15(7-9-16)18-14-19-22-26-25-20(28(22)12-13-29(19)27-18)10-11-21(30)24-17-4-2-1-3-5-17/h6-9,12-13,17-19,22,26-27H,1-5,10-11,14H2,(H,24,30). The van der Waals surface area contributed by atoms with E-state index in [0.29, 0.717) is 18.9 Å². The Morgan fingerprint density at radius 2 is 1.97 bits per heavy atom. The summed E-state index contributed by atoms with van der Waals surface area (Å²) in [7, 11) is 0. The van der Waals surface area contributed by atoms with Crippen LogP contribution in [0.1, 0.15) is 63.0 Å². The molecule has 1 aliphatic carbocycles. The Morgan fingerprint density at radius 1 is 1.17 bits per heavy atom. The number of amidine groups is 1. The van der Waals surface area contributed by atoms with E-state index in [2.05, 4.69) is 55.7 Å². The number of carbonyl (C=O) groups is 1. The number of hydrogen-bond donors (Lipinski definition) is 3. The highest BCUT2D eigenvalue weighted by atomic mass is 35.5. The zero-order valence-corrected chi connectivity index (χ0v) is 17.8. The Hall–Kier alpha value is -2.25. The maximum absolute atomic E-state index is 12.4. The lowest BCUT2D eigenvalue weighted by Gasteiger charge is -2.37. The highest BCUT2D eigenvalue weighted by Crippen LogP contribution is 2.34. The molecule has 5 rings (SSSR count). The second-order valence-corrected chi connectivity index (χ2v) is 9.09. The molecule has 4 aliphatic rings. The highest BCUT2D eigenvalue weighted by Gasteiger charge is 2.44. The molecule has 3 unspecified atom stereocenters. The number of fused-ring (bicyclic) bond motifs is 3. The average Bonchev–Trinajstić information content (AvgIpc) is 3.37. The summed E-state index contributed by atoms with van der Waals surface area (Å²) in [5.74, 6) is 1.07. The van der Waals surface area contributed by atoms with Gasteiger partial charge in [-0.2, -0.15) is 5.10 Å². The van der Waals surface area contributed by atoms with Crippen LogP contribution in [0.5, 0.6) is 0 Å². The predicted molar refractivity (Wildman–Crippen MR) is 117 cm³/mol. The van der Waals surface area contributed by atoms with Crippen molar-refractivity contribution in [2.24, 2.45) is 5.10 Å². The van der Waals surface area contributed by atoms with Gasteiger partial charge < -0.3 is 15.2 Å². The van der Waals surface area contributed by atoms with E-state index in [1.165, 1.54) is 24.8 Å². The molecule has 7 nitrogen and oxygen atoms in total. The van der Waals surface area contributed by atoms with Gasteiger partial charge in [0.2, 0.25) is 5.91 Å². The summed E-state index contributed by atoms with van der Waals surface area (Å²) in [6, 6.07) is 8.89. The number of hydrazine groups is 1. The van der Waals surface area contributed by atoms with Crippen molar-refractivity contribution in [1.82, 2.24) is 26.1 Å². The van der Waals surface area contributed by atoms with E-state index in [1.807, 2.05) is 12.1 Å². The number of benzene rings is 1. The topological polar surface area (TPSA) is 72.0 Å². The summed E-state index contributed by atoms with van der Waals surface area (Å²) in [6.07, 6.45) is 12.3. The van der Waals surface area contributed by atoms with Crippen LogP contribution in [-0.2, 0) is 4.79 Å². The molecule has 160 valence electrons. The minimum absolute atomic E-state index is 0.0798. The summed E-state index contributed by atoms with van der Waals surface area (Å²) < 4.78 is 0. The molecule has 1 aromatic carbocycles. The van der Waals surface area contributed by atoms with Gasteiger partial charge in [-0.1, -0.05) is 43.0 Å². The van der Waals surface area contributed by atoms with Crippen molar-refractivity contribution in [1.29, 1.82) is 0 Å². The molecule has 1 aromatic rings. The Labute approximate surface area is 182 Å². The van der Waals surface area contributed by atoms with Gasteiger partial charge in [0.25, 0.3) is 0 Å². The quantitative estimate of drug-likeness (QED) is 0.671. The molecule has 0 bridgehead atoms. The summed E-state index contributed by atoms with van der Waals surface area (Å²) in [4.78, 5) is 14.6. The highest BCUT2D eigenvalue weighted by molar-refractivity contribution is 6.30. The number of hydrazone groups is 1. The third-order valence-electron chi connectivity index (χ3n) is 6.63. The van der Waals surface area contributed by atoms with E-state index in [4.69, 9.17) is 11.6 Å². The van der Waals surface area contributed by atoms with Crippen molar-refractivity contribution in [2.45, 2.75) is 75.7 Å². The molecule has 3 atom stereocenters. The predicted octanol–water partition coefficient (Wildman–Crippen LogP) is 3.22. The molecule has 3 aliphatic heterocycles. The molecule has 0 spiro atoms. The monoisotopic (exact) mass is 428 g/mol. The minimum Gasteiger partial charge on any atom is -0.353 e. The summed E-state index contributed by atoms with van der Waals surface area (Å²) >= 11 is 6.03. The van der Waals surface area contributed by atoms with Crippen molar-refractivity contribution < 1.29 is 4.79 Å². The first-order chi connectivity index (χ1) is 14.7. The average molecular weight is 429 g/mol. The van der Waals surface area contributed by atoms with Crippen LogP contribution in [0.15, 0.2) is 41.8 Å². The minimum atomic E-state index is 0.0798. The number of nitrogens with zero attached hydrogens (tertiary/aromatic N) is 3. The van der Waals surface area contributed by atoms with E-state index in [-0.39, 0.29) is 24.2 Å².